The van der Waals surface area contributed by atoms with Gasteiger partial charge >= 0.3 is 17.9 Å². The van der Waals surface area contributed by atoms with E-state index in [0.717, 1.165) is 11.8 Å². The molecule has 1 aromatic carbocycles. The molecule has 1 fully saturated rings. The molecule has 0 radical (unpaired) electrons. The molecule has 1 aliphatic rings. The molecule has 1 heterocycles. The number of ether oxygens (including phenoxy) is 2. The fourth-order valence-corrected chi connectivity index (χ4v) is 2.03. The molecule has 7 heteroatoms. The summed E-state index contributed by atoms with van der Waals surface area (Å²) in [5.74, 6) is -4.16. The minimum absolute atomic E-state index is 0.190. The molecule has 2 N–H and O–H groups in total. The zero-order valence-corrected chi connectivity index (χ0v) is 12.7. The van der Waals surface area contributed by atoms with Crippen molar-refractivity contribution < 1.29 is 29.0 Å². The van der Waals surface area contributed by atoms with Crippen LogP contribution in [-0.4, -0.2) is 34.8 Å². The number of cyclic esters (lactones) is 2. The topological polar surface area (TPSA) is 102 Å². The Morgan fingerprint density at radius 3 is 2.30 bits per heavy atom. The fourth-order valence-electron chi connectivity index (χ4n) is 2.03. The molecular formula is C16H17NO6. The van der Waals surface area contributed by atoms with Crippen LogP contribution in [0.25, 0.3) is 0 Å². The van der Waals surface area contributed by atoms with Gasteiger partial charge in [-0.05, 0) is 5.56 Å². The Labute approximate surface area is 132 Å². The first-order chi connectivity index (χ1) is 10.8. The highest BCUT2D eigenvalue weighted by Gasteiger charge is 2.39. The van der Waals surface area contributed by atoms with Gasteiger partial charge < -0.3 is 19.9 Å². The minimum atomic E-state index is -1.33. The number of carbonyl (C=O) groups excluding carboxylic acids is 2. The first kappa shape index (κ1) is 16.5. The SMILES string of the molecule is CC1(C)OC(=O)C(=CNC(Cc2ccccc2)C(=O)O)C(=O)O1. The van der Waals surface area contributed by atoms with Crippen molar-refractivity contribution in [3.05, 3.63) is 47.7 Å². The van der Waals surface area contributed by atoms with E-state index in [1.54, 1.807) is 24.3 Å². The predicted octanol–water partition coefficient (Wildman–Crippen LogP) is 0.992. The van der Waals surface area contributed by atoms with Crippen LogP contribution in [0.15, 0.2) is 42.1 Å². The first-order valence-corrected chi connectivity index (χ1v) is 6.98. The van der Waals surface area contributed by atoms with Crippen LogP contribution in [0.5, 0.6) is 0 Å². The van der Waals surface area contributed by atoms with Crippen molar-refractivity contribution in [3.8, 4) is 0 Å². The summed E-state index contributed by atoms with van der Waals surface area (Å²) < 4.78 is 9.86. The summed E-state index contributed by atoms with van der Waals surface area (Å²) >= 11 is 0. The highest BCUT2D eigenvalue weighted by Crippen LogP contribution is 2.22. The van der Waals surface area contributed by atoms with Crippen LogP contribution >= 0.6 is 0 Å². The molecule has 7 nitrogen and oxygen atoms in total. The molecule has 0 spiro atoms. The number of carbonyl (C=O) groups is 3. The molecule has 1 aromatic rings. The second-order valence-corrected chi connectivity index (χ2v) is 5.48. The van der Waals surface area contributed by atoms with Crippen molar-refractivity contribution in [2.24, 2.45) is 0 Å². The van der Waals surface area contributed by atoms with Crippen LogP contribution in [-0.2, 0) is 30.3 Å². The lowest BCUT2D eigenvalue weighted by Crippen LogP contribution is -2.43. The third-order valence-electron chi connectivity index (χ3n) is 3.13. The van der Waals surface area contributed by atoms with Crippen molar-refractivity contribution in [2.45, 2.75) is 32.1 Å². The summed E-state index contributed by atoms with van der Waals surface area (Å²) in [6.07, 6.45) is 1.22. The number of carboxylic acid groups (broad SMARTS) is 1. The maximum atomic E-state index is 11.8. The van der Waals surface area contributed by atoms with E-state index in [2.05, 4.69) is 5.32 Å². The first-order valence-electron chi connectivity index (χ1n) is 6.98. The van der Waals surface area contributed by atoms with Crippen molar-refractivity contribution in [3.63, 3.8) is 0 Å². The van der Waals surface area contributed by atoms with Gasteiger partial charge in [-0.25, -0.2) is 14.4 Å². The monoisotopic (exact) mass is 319 g/mol. The lowest BCUT2D eigenvalue weighted by molar-refractivity contribution is -0.222. The number of hydrogen-bond acceptors (Lipinski definition) is 6. The zero-order chi connectivity index (χ0) is 17.0. The third-order valence-corrected chi connectivity index (χ3v) is 3.13. The van der Waals surface area contributed by atoms with Crippen molar-refractivity contribution in [1.82, 2.24) is 5.32 Å². The second kappa shape index (κ2) is 6.51. The van der Waals surface area contributed by atoms with Gasteiger partial charge in [0.25, 0.3) is 5.79 Å². The van der Waals surface area contributed by atoms with Crippen LogP contribution in [0, 0.1) is 0 Å². The number of hydrogen-bond donors (Lipinski definition) is 2. The minimum Gasteiger partial charge on any atom is -0.480 e. The molecular weight excluding hydrogens is 302 g/mol. The smallest absolute Gasteiger partial charge is 0.350 e. The van der Waals surface area contributed by atoms with Gasteiger partial charge in [-0.1, -0.05) is 30.3 Å². The fraction of sp³-hybridized carbons (Fsp3) is 0.312. The molecule has 1 aliphatic heterocycles. The molecule has 2 rings (SSSR count). The van der Waals surface area contributed by atoms with Gasteiger partial charge in [0.2, 0.25) is 0 Å². The average molecular weight is 319 g/mol. The van der Waals surface area contributed by atoms with E-state index >= 15 is 0 Å². The molecule has 0 aromatic heterocycles. The number of carboxylic acids is 1. The standard InChI is InChI=1S/C16H17NO6/c1-16(2)22-14(20)11(15(21)23-16)9-17-12(13(18)19)8-10-6-4-3-5-7-10/h3-7,9,12,17H,8H2,1-2H3,(H,18,19). The van der Waals surface area contributed by atoms with E-state index in [9.17, 15) is 19.5 Å². The van der Waals surface area contributed by atoms with Gasteiger partial charge in [-0.15, -0.1) is 0 Å². The molecule has 0 saturated carbocycles. The van der Waals surface area contributed by atoms with E-state index in [0.29, 0.717) is 0 Å². The molecule has 0 amide bonds. The Balaban J connectivity index is 2.10. The van der Waals surface area contributed by atoms with E-state index in [4.69, 9.17) is 9.47 Å². The van der Waals surface area contributed by atoms with Crippen molar-refractivity contribution in [1.29, 1.82) is 0 Å². The maximum Gasteiger partial charge on any atom is 0.350 e. The number of benzene rings is 1. The average Bonchev–Trinajstić information content (AvgIpc) is 2.44. The molecule has 1 unspecified atom stereocenters. The molecule has 1 atom stereocenters. The summed E-state index contributed by atoms with van der Waals surface area (Å²) in [5, 5.41) is 11.8. The molecule has 0 bridgehead atoms. The molecule has 122 valence electrons. The predicted molar refractivity (Wildman–Crippen MR) is 79.1 cm³/mol. The van der Waals surface area contributed by atoms with E-state index < -0.39 is 29.7 Å². The number of esters is 2. The Hall–Kier alpha value is -2.83. The lowest BCUT2D eigenvalue weighted by atomic mass is 10.1. The summed E-state index contributed by atoms with van der Waals surface area (Å²) in [7, 11) is 0. The largest absolute Gasteiger partial charge is 0.480 e. The number of nitrogens with one attached hydrogen (secondary N) is 1. The van der Waals surface area contributed by atoms with E-state index in [-0.39, 0.29) is 12.0 Å². The highest BCUT2D eigenvalue weighted by atomic mass is 16.7. The van der Waals surface area contributed by atoms with Gasteiger partial charge in [-0.2, -0.15) is 0 Å². The van der Waals surface area contributed by atoms with Gasteiger partial charge in [0.05, 0.1) is 0 Å². The van der Waals surface area contributed by atoms with Gasteiger partial charge in [-0.3, -0.25) is 0 Å². The second-order valence-electron chi connectivity index (χ2n) is 5.48. The maximum absolute atomic E-state index is 11.8. The Kier molecular flexibility index (Phi) is 4.68. The Morgan fingerprint density at radius 1 is 1.22 bits per heavy atom. The third kappa shape index (κ3) is 4.32. The molecule has 0 aliphatic carbocycles. The van der Waals surface area contributed by atoms with Crippen molar-refractivity contribution in [2.75, 3.05) is 0 Å². The van der Waals surface area contributed by atoms with Gasteiger partial charge in [0.15, 0.2) is 5.57 Å². The highest BCUT2D eigenvalue weighted by molar-refractivity contribution is 6.15. The summed E-state index contributed by atoms with van der Waals surface area (Å²) in [6, 6.07) is 7.99. The van der Waals surface area contributed by atoms with Crippen LogP contribution in [0.2, 0.25) is 0 Å². The summed E-state index contributed by atoms with van der Waals surface area (Å²) in [5.41, 5.74) is 0.435. The number of aliphatic carboxylic acids is 1. The number of rotatable bonds is 5. The Bertz CT molecular complexity index is 628. The molecule has 1 saturated heterocycles. The van der Waals surface area contributed by atoms with Gasteiger partial charge in [0.1, 0.15) is 6.04 Å². The van der Waals surface area contributed by atoms with Crippen LogP contribution in [0.1, 0.15) is 19.4 Å². The normalized spacial score (nSPS) is 17.7. The quantitative estimate of drug-likeness (QED) is 0.474. The summed E-state index contributed by atoms with van der Waals surface area (Å²) in [6.45, 7) is 2.87. The summed E-state index contributed by atoms with van der Waals surface area (Å²) in [4.78, 5) is 34.9. The van der Waals surface area contributed by atoms with Crippen LogP contribution in [0.4, 0.5) is 0 Å². The molecule has 23 heavy (non-hydrogen) atoms. The van der Waals surface area contributed by atoms with Crippen LogP contribution < -0.4 is 5.32 Å². The van der Waals surface area contributed by atoms with Crippen LogP contribution in [0.3, 0.4) is 0 Å². The Morgan fingerprint density at radius 2 is 1.78 bits per heavy atom. The van der Waals surface area contributed by atoms with E-state index in [1.807, 2.05) is 6.07 Å². The lowest BCUT2D eigenvalue weighted by Gasteiger charge is -2.29. The van der Waals surface area contributed by atoms with Gasteiger partial charge in [0, 0.05) is 26.5 Å². The van der Waals surface area contributed by atoms with E-state index in [1.165, 1.54) is 13.8 Å². The van der Waals surface area contributed by atoms with Crippen molar-refractivity contribution >= 4 is 17.9 Å². The zero-order valence-electron chi connectivity index (χ0n) is 12.7.